The van der Waals surface area contributed by atoms with E-state index in [1.807, 2.05) is 0 Å². The maximum absolute atomic E-state index is 8.74. The summed E-state index contributed by atoms with van der Waals surface area (Å²) in [7, 11) is -0.772. The Kier molecular flexibility index (Phi) is 1.32. The number of rotatable bonds is 0. The van der Waals surface area contributed by atoms with Gasteiger partial charge < -0.3 is 0 Å². The van der Waals surface area contributed by atoms with Crippen LogP contribution in [-0.2, 0) is 0 Å². The standard InChI is InChI=1S/C4H4ClOS/c5-4-2-1-3-7(4)6/h1-3,6H/q+1. The van der Waals surface area contributed by atoms with Crippen LogP contribution in [0.25, 0.3) is 0 Å². The summed E-state index contributed by atoms with van der Waals surface area (Å²) >= 11 is 5.42. The lowest BCUT2D eigenvalue weighted by Gasteiger charge is -1.64. The summed E-state index contributed by atoms with van der Waals surface area (Å²) in [5.74, 6) is 0. The van der Waals surface area contributed by atoms with Crippen LogP contribution in [0.2, 0.25) is 4.34 Å². The third-order valence-corrected chi connectivity index (χ3v) is 2.19. The second-order valence-corrected chi connectivity index (χ2v) is 3.09. The van der Waals surface area contributed by atoms with Crippen LogP contribution in [0.5, 0.6) is 0 Å². The molecule has 1 aromatic heterocycles. The van der Waals surface area contributed by atoms with Crippen molar-refractivity contribution in [3.05, 3.63) is 21.8 Å². The first kappa shape index (κ1) is 5.09. The fraction of sp³-hybridized carbons (Fsp3) is 0. The number of hydrogen-bond donors (Lipinski definition) is 1. The van der Waals surface area contributed by atoms with Crippen LogP contribution in [0, 0.1) is 0 Å². The van der Waals surface area contributed by atoms with Crippen LogP contribution in [0.1, 0.15) is 0 Å². The van der Waals surface area contributed by atoms with E-state index in [0.717, 1.165) is 0 Å². The van der Waals surface area contributed by atoms with Crippen molar-refractivity contribution in [3.63, 3.8) is 0 Å². The van der Waals surface area contributed by atoms with Gasteiger partial charge in [-0.05, 0) is 11.6 Å². The minimum atomic E-state index is -0.772. The van der Waals surface area contributed by atoms with E-state index in [9.17, 15) is 0 Å². The van der Waals surface area contributed by atoms with E-state index in [-0.39, 0.29) is 0 Å². The van der Waals surface area contributed by atoms with Crippen LogP contribution in [0.15, 0.2) is 17.5 Å². The second-order valence-electron chi connectivity index (χ2n) is 1.11. The maximum Gasteiger partial charge on any atom is 0.276 e. The lowest BCUT2D eigenvalue weighted by Crippen LogP contribution is -1.46. The minimum absolute atomic E-state index is 0.528. The van der Waals surface area contributed by atoms with Crippen LogP contribution >= 0.6 is 22.4 Å². The average molecular weight is 136 g/mol. The lowest BCUT2D eigenvalue weighted by atomic mass is 10.7. The van der Waals surface area contributed by atoms with E-state index < -0.39 is 10.8 Å². The van der Waals surface area contributed by atoms with Crippen molar-refractivity contribution in [1.82, 2.24) is 0 Å². The van der Waals surface area contributed by atoms with Crippen molar-refractivity contribution in [2.24, 2.45) is 0 Å². The fourth-order valence-corrected chi connectivity index (χ4v) is 1.13. The monoisotopic (exact) mass is 135 g/mol. The van der Waals surface area contributed by atoms with Gasteiger partial charge in [0.25, 0.3) is 4.34 Å². The van der Waals surface area contributed by atoms with Gasteiger partial charge in [-0.15, -0.1) is 0 Å². The summed E-state index contributed by atoms with van der Waals surface area (Å²) in [5, 5.41) is 1.66. The van der Waals surface area contributed by atoms with Crippen molar-refractivity contribution in [3.8, 4) is 0 Å². The molecule has 38 valence electrons. The lowest BCUT2D eigenvalue weighted by molar-refractivity contribution is 0.643. The molecule has 0 saturated carbocycles. The molecule has 1 nitrogen and oxygen atoms in total. The SMILES string of the molecule is O[s+]1cccc1Cl. The summed E-state index contributed by atoms with van der Waals surface area (Å²) in [6.07, 6.45) is 0. The summed E-state index contributed by atoms with van der Waals surface area (Å²) in [6.45, 7) is 0. The van der Waals surface area contributed by atoms with Crippen molar-refractivity contribution in [2.45, 2.75) is 0 Å². The molecule has 1 rings (SSSR count). The smallest absolute Gasteiger partial charge is 0.163 e. The van der Waals surface area contributed by atoms with E-state index in [2.05, 4.69) is 0 Å². The molecular weight excluding hydrogens is 132 g/mol. The predicted octanol–water partition coefficient (Wildman–Crippen LogP) is 2.22. The Balaban J connectivity index is 3.12. The molecule has 1 aromatic rings. The van der Waals surface area contributed by atoms with Gasteiger partial charge in [-0.2, -0.15) is 4.55 Å². The van der Waals surface area contributed by atoms with E-state index in [1.165, 1.54) is 0 Å². The van der Waals surface area contributed by atoms with E-state index in [0.29, 0.717) is 4.34 Å². The van der Waals surface area contributed by atoms with Crippen molar-refractivity contribution in [2.75, 3.05) is 0 Å². The Morgan fingerprint density at radius 1 is 1.71 bits per heavy atom. The Hall–Kier alpha value is -0.0500. The molecule has 0 fully saturated rings. The van der Waals surface area contributed by atoms with Gasteiger partial charge in [0, 0.05) is 12.1 Å². The maximum atomic E-state index is 8.74. The van der Waals surface area contributed by atoms with E-state index >= 15 is 0 Å². The highest BCUT2D eigenvalue weighted by Crippen LogP contribution is 2.24. The summed E-state index contributed by atoms with van der Waals surface area (Å²) < 4.78 is 9.27. The largest absolute Gasteiger partial charge is 0.276 e. The third kappa shape index (κ3) is 0.938. The van der Waals surface area contributed by atoms with Gasteiger partial charge in [-0.3, -0.25) is 0 Å². The van der Waals surface area contributed by atoms with Crippen LogP contribution in [0.3, 0.4) is 0 Å². The summed E-state index contributed by atoms with van der Waals surface area (Å²) in [5.41, 5.74) is 0. The van der Waals surface area contributed by atoms with Gasteiger partial charge in [-0.25, -0.2) is 0 Å². The van der Waals surface area contributed by atoms with Gasteiger partial charge in [-0.1, -0.05) is 0 Å². The van der Waals surface area contributed by atoms with Gasteiger partial charge in [0.2, 0.25) is 0 Å². The average Bonchev–Trinajstić information content (AvgIpc) is 1.91. The minimum Gasteiger partial charge on any atom is -0.163 e. The zero-order valence-electron chi connectivity index (χ0n) is 3.47. The number of thiophene rings is 1. The predicted molar refractivity (Wildman–Crippen MR) is 31.3 cm³/mol. The molecule has 0 aliphatic carbocycles. The molecule has 0 aliphatic heterocycles. The second kappa shape index (κ2) is 1.82. The Morgan fingerprint density at radius 2 is 2.43 bits per heavy atom. The first-order valence-corrected chi connectivity index (χ1v) is 3.39. The van der Waals surface area contributed by atoms with Crippen molar-refractivity contribution >= 4 is 22.4 Å². The third-order valence-electron chi connectivity index (χ3n) is 0.635. The quantitative estimate of drug-likeness (QED) is 0.541. The Labute approximate surface area is 49.3 Å². The normalized spacial score (nSPS) is 12.0. The molecule has 1 N–H and O–H groups in total. The van der Waals surface area contributed by atoms with E-state index in [1.54, 1.807) is 17.5 Å². The first-order chi connectivity index (χ1) is 3.30. The van der Waals surface area contributed by atoms with Crippen molar-refractivity contribution in [1.29, 1.82) is 0 Å². The molecule has 3 heteroatoms. The molecule has 0 amide bonds. The number of halogens is 1. The van der Waals surface area contributed by atoms with E-state index in [4.69, 9.17) is 16.2 Å². The molecule has 0 aliphatic rings. The molecular formula is C4H4ClOS+. The topological polar surface area (TPSA) is 20.2 Å². The fourth-order valence-electron chi connectivity index (χ4n) is 0.324. The van der Waals surface area contributed by atoms with Crippen LogP contribution < -0.4 is 0 Å². The van der Waals surface area contributed by atoms with Gasteiger partial charge in [0.1, 0.15) is 0 Å². The first-order valence-electron chi connectivity index (χ1n) is 1.77. The summed E-state index contributed by atoms with van der Waals surface area (Å²) in [4.78, 5) is 0. The molecule has 0 spiro atoms. The molecule has 1 atom stereocenters. The zero-order valence-corrected chi connectivity index (χ0v) is 5.04. The van der Waals surface area contributed by atoms with Crippen LogP contribution in [-0.4, -0.2) is 4.55 Å². The zero-order chi connectivity index (χ0) is 5.28. The Bertz CT molecular complexity index is 144. The van der Waals surface area contributed by atoms with Gasteiger partial charge in [0.15, 0.2) is 16.1 Å². The van der Waals surface area contributed by atoms with Crippen LogP contribution in [0.4, 0.5) is 0 Å². The molecule has 0 radical (unpaired) electrons. The Morgan fingerprint density at radius 3 is 2.57 bits per heavy atom. The highest BCUT2D eigenvalue weighted by atomic mass is 35.5. The summed E-state index contributed by atoms with van der Waals surface area (Å²) in [6, 6.07) is 3.43. The molecule has 7 heavy (non-hydrogen) atoms. The molecule has 1 unspecified atom stereocenters. The van der Waals surface area contributed by atoms with Crippen molar-refractivity contribution < 1.29 is 4.55 Å². The molecule has 1 heterocycles. The van der Waals surface area contributed by atoms with Gasteiger partial charge >= 0.3 is 0 Å². The molecule has 0 saturated heterocycles. The van der Waals surface area contributed by atoms with Gasteiger partial charge in [0.05, 0.1) is 0 Å². The molecule has 0 bridgehead atoms. The highest BCUT2D eigenvalue weighted by molar-refractivity contribution is 7.27. The molecule has 0 aromatic carbocycles. The number of hydrogen-bond acceptors (Lipinski definition) is 1. The highest BCUT2D eigenvalue weighted by Gasteiger charge is 2.03.